The molecule has 2 aromatic carbocycles. The van der Waals surface area contributed by atoms with E-state index in [1.165, 1.54) is 31.4 Å². The number of carbonyl (C=O) groups is 2. The van der Waals surface area contributed by atoms with Crippen molar-refractivity contribution in [1.29, 1.82) is 0 Å². The van der Waals surface area contributed by atoms with Crippen molar-refractivity contribution in [3.63, 3.8) is 0 Å². The molecule has 0 bridgehead atoms. The first-order valence-electron chi connectivity index (χ1n) is 9.70. The molecule has 3 rings (SSSR count). The third-order valence-corrected chi connectivity index (χ3v) is 4.91. The van der Waals surface area contributed by atoms with Crippen LogP contribution in [0, 0.1) is 19.7 Å². The van der Waals surface area contributed by atoms with Gasteiger partial charge in [-0.25, -0.2) is 9.37 Å². The number of hydrogen-bond donors (Lipinski definition) is 2. The first-order chi connectivity index (χ1) is 14.8. The monoisotopic (exact) mass is 422 g/mol. The van der Waals surface area contributed by atoms with Gasteiger partial charge < -0.3 is 15.2 Å². The SMILES string of the molecule is COc1ccc(C(=O)N[C@@H](CC(=O)O)c2ccccc2F)nc1-c1ccc(C)cc1C. The van der Waals surface area contributed by atoms with Crippen molar-refractivity contribution >= 4 is 11.9 Å². The number of rotatable bonds is 7. The number of methoxy groups -OCH3 is 1. The second kappa shape index (κ2) is 9.38. The van der Waals surface area contributed by atoms with E-state index in [-0.39, 0.29) is 11.3 Å². The third kappa shape index (κ3) is 5.06. The van der Waals surface area contributed by atoms with Gasteiger partial charge in [0.1, 0.15) is 23.0 Å². The van der Waals surface area contributed by atoms with E-state index in [1.807, 2.05) is 32.0 Å². The smallest absolute Gasteiger partial charge is 0.305 e. The molecular weight excluding hydrogens is 399 g/mol. The summed E-state index contributed by atoms with van der Waals surface area (Å²) in [5, 5.41) is 11.8. The fourth-order valence-electron chi connectivity index (χ4n) is 3.41. The highest BCUT2D eigenvalue weighted by molar-refractivity contribution is 5.94. The Bertz CT molecular complexity index is 1130. The van der Waals surface area contributed by atoms with Crippen molar-refractivity contribution in [2.45, 2.75) is 26.3 Å². The van der Waals surface area contributed by atoms with E-state index in [2.05, 4.69) is 10.3 Å². The van der Waals surface area contributed by atoms with Gasteiger partial charge in [0.2, 0.25) is 0 Å². The number of nitrogens with one attached hydrogen (secondary N) is 1. The van der Waals surface area contributed by atoms with Gasteiger partial charge in [0.15, 0.2) is 0 Å². The van der Waals surface area contributed by atoms with Crippen LogP contribution in [0.4, 0.5) is 4.39 Å². The van der Waals surface area contributed by atoms with E-state index in [9.17, 15) is 19.1 Å². The van der Waals surface area contributed by atoms with E-state index < -0.39 is 30.2 Å². The van der Waals surface area contributed by atoms with Crippen LogP contribution in [-0.4, -0.2) is 29.1 Å². The number of amides is 1. The first kappa shape index (κ1) is 22.0. The molecule has 1 amide bonds. The molecule has 1 atom stereocenters. The number of aliphatic carboxylic acids is 1. The molecule has 0 spiro atoms. The topological polar surface area (TPSA) is 88.5 Å². The summed E-state index contributed by atoms with van der Waals surface area (Å²) in [5.41, 5.74) is 3.54. The minimum atomic E-state index is -1.16. The summed E-state index contributed by atoms with van der Waals surface area (Å²) >= 11 is 0. The molecule has 0 unspecified atom stereocenters. The number of carboxylic acids is 1. The standard InChI is InChI=1S/C24H23FN2O4/c1-14-8-9-16(15(2)12-14)23-21(31-3)11-10-19(26-23)24(30)27-20(13-22(28)29)17-6-4-5-7-18(17)25/h4-12,20H,13H2,1-3H3,(H,27,30)(H,28,29)/t20-/m0/s1. The Labute approximate surface area is 179 Å². The summed E-state index contributed by atoms with van der Waals surface area (Å²) in [6, 6.07) is 13.7. The summed E-state index contributed by atoms with van der Waals surface area (Å²) in [7, 11) is 1.52. The predicted octanol–water partition coefficient (Wildman–Crippen LogP) is 4.46. The average Bonchev–Trinajstić information content (AvgIpc) is 2.73. The fourth-order valence-corrected chi connectivity index (χ4v) is 3.41. The zero-order chi connectivity index (χ0) is 22.5. The molecule has 0 fully saturated rings. The molecule has 160 valence electrons. The second-order valence-electron chi connectivity index (χ2n) is 7.21. The fraction of sp³-hybridized carbons (Fsp3) is 0.208. The predicted molar refractivity (Wildman–Crippen MR) is 115 cm³/mol. The van der Waals surface area contributed by atoms with E-state index >= 15 is 0 Å². The van der Waals surface area contributed by atoms with E-state index in [0.29, 0.717) is 11.4 Å². The number of hydrogen-bond acceptors (Lipinski definition) is 4. The van der Waals surface area contributed by atoms with Gasteiger partial charge in [-0.15, -0.1) is 0 Å². The molecule has 3 aromatic rings. The van der Waals surface area contributed by atoms with Crippen molar-refractivity contribution in [3.8, 4) is 17.0 Å². The molecular formula is C24H23FN2O4. The molecule has 6 nitrogen and oxygen atoms in total. The Balaban J connectivity index is 1.97. The quantitative estimate of drug-likeness (QED) is 0.587. The van der Waals surface area contributed by atoms with Crippen LogP contribution in [0.1, 0.15) is 39.6 Å². The van der Waals surface area contributed by atoms with Crippen LogP contribution in [0.3, 0.4) is 0 Å². The number of carboxylic acid groups (broad SMARTS) is 1. The van der Waals surface area contributed by atoms with Gasteiger partial charge in [-0.1, -0.05) is 42.0 Å². The van der Waals surface area contributed by atoms with Crippen LogP contribution in [0.5, 0.6) is 5.75 Å². The van der Waals surface area contributed by atoms with Crippen LogP contribution in [0.25, 0.3) is 11.3 Å². The van der Waals surface area contributed by atoms with Gasteiger partial charge in [-0.3, -0.25) is 9.59 Å². The molecule has 1 aromatic heterocycles. The number of benzene rings is 2. The summed E-state index contributed by atoms with van der Waals surface area (Å²) in [5.74, 6) is -1.86. The van der Waals surface area contributed by atoms with Crippen LogP contribution >= 0.6 is 0 Å². The molecule has 0 aliphatic heterocycles. The van der Waals surface area contributed by atoms with Crippen LogP contribution < -0.4 is 10.1 Å². The maximum absolute atomic E-state index is 14.2. The maximum Gasteiger partial charge on any atom is 0.305 e. The number of aromatic nitrogens is 1. The van der Waals surface area contributed by atoms with Gasteiger partial charge in [0, 0.05) is 11.1 Å². The minimum Gasteiger partial charge on any atom is -0.494 e. The Hall–Kier alpha value is -3.74. The van der Waals surface area contributed by atoms with Gasteiger partial charge in [0.05, 0.1) is 19.6 Å². The highest BCUT2D eigenvalue weighted by Crippen LogP contribution is 2.31. The molecule has 2 N–H and O–H groups in total. The van der Waals surface area contributed by atoms with E-state index in [0.717, 1.165) is 16.7 Å². The number of pyridine rings is 1. The van der Waals surface area contributed by atoms with Crippen molar-refractivity contribution in [3.05, 3.63) is 82.8 Å². The zero-order valence-corrected chi connectivity index (χ0v) is 17.5. The largest absolute Gasteiger partial charge is 0.494 e. The minimum absolute atomic E-state index is 0.0718. The Morgan fingerprint density at radius 1 is 1.13 bits per heavy atom. The molecule has 31 heavy (non-hydrogen) atoms. The van der Waals surface area contributed by atoms with Gasteiger partial charge in [0.25, 0.3) is 5.91 Å². The summed E-state index contributed by atoms with van der Waals surface area (Å²) < 4.78 is 19.6. The van der Waals surface area contributed by atoms with Crippen LogP contribution in [-0.2, 0) is 4.79 Å². The highest BCUT2D eigenvalue weighted by Gasteiger charge is 2.23. The Morgan fingerprint density at radius 3 is 2.52 bits per heavy atom. The summed E-state index contributed by atoms with van der Waals surface area (Å²) in [6.45, 7) is 3.92. The Morgan fingerprint density at radius 2 is 1.87 bits per heavy atom. The lowest BCUT2D eigenvalue weighted by atomic mass is 10.0. The van der Waals surface area contributed by atoms with Crippen LogP contribution in [0.15, 0.2) is 54.6 Å². The highest BCUT2D eigenvalue weighted by atomic mass is 19.1. The molecule has 0 aliphatic carbocycles. The van der Waals surface area contributed by atoms with Gasteiger partial charge in [-0.2, -0.15) is 0 Å². The Kier molecular flexibility index (Phi) is 6.65. The molecule has 0 radical (unpaired) electrons. The van der Waals surface area contributed by atoms with Crippen molar-refractivity contribution in [2.24, 2.45) is 0 Å². The molecule has 7 heteroatoms. The van der Waals surface area contributed by atoms with Crippen LogP contribution in [0.2, 0.25) is 0 Å². The zero-order valence-electron chi connectivity index (χ0n) is 17.5. The average molecular weight is 422 g/mol. The molecule has 1 heterocycles. The number of nitrogens with zero attached hydrogens (tertiary/aromatic N) is 1. The summed E-state index contributed by atoms with van der Waals surface area (Å²) in [4.78, 5) is 28.7. The molecule has 0 saturated heterocycles. The van der Waals surface area contributed by atoms with Gasteiger partial charge in [-0.05, 0) is 37.6 Å². The second-order valence-corrected chi connectivity index (χ2v) is 7.21. The van der Waals surface area contributed by atoms with Gasteiger partial charge >= 0.3 is 5.97 Å². The lowest BCUT2D eigenvalue weighted by Crippen LogP contribution is -2.31. The number of ether oxygens (including phenoxy) is 1. The normalized spacial score (nSPS) is 11.6. The number of carbonyl (C=O) groups excluding carboxylic acids is 1. The number of aryl methyl sites for hydroxylation is 2. The first-order valence-corrected chi connectivity index (χ1v) is 9.70. The molecule has 0 saturated carbocycles. The third-order valence-electron chi connectivity index (χ3n) is 4.91. The lowest BCUT2D eigenvalue weighted by molar-refractivity contribution is -0.137. The van der Waals surface area contributed by atoms with Crippen molar-refractivity contribution in [2.75, 3.05) is 7.11 Å². The maximum atomic E-state index is 14.2. The number of halogens is 1. The van der Waals surface area contributed by atoms with Crippen molar-refractivity contribution < 1.29 is 23.8 Å². The molecule has 0 aliphatic rings. The van der Waals surface area contributed by atoms with E-state index in [1.54, 1.807) is 12.1 Å². The lowest BCUT2D eigenvalue weighted by Gasteiger charge is -2.18. The van der Waals surface area contributed by atoms with E-state index in [4.69, 9.17) is 4.74 Å². The summed E-state index contributed by atoms with van der Waals surface area (Å²) in [6.07, 6.45) is -0.466. The van der Waals surface area contributed by atoms with Crippen molar-refractivity contribution in [1.82, 2.24) is 10.3 Å².